The molecule has 4 nitrogen and oxygen atoms in total. The van der Waals surface area contributed by atoms with E-state index in [1.54, 1.807) is 17.8 Å². The SMILES string of the molecule is CCCc1cc(=O)[nH]c(SCCCCC#N)n1. The average Bonchev–Trinajstić information content (AvgIpc) is 2.28. The molecule has 0 aliphatic heterocycles. The number of rotatable bonds is 7. The zero-order chi connectivity index (χ0) is 12.5. The minimum absolute atomic E-state index is 0.0806. The van der Waals surface area contributed by atoms with Crippen LogP contribution in [0.4, 0.5) is 0 Å². The van der Waals surface area contributed by atoms with Gasteiger partial charge in [-0.3, -0.25) is 4.79 Å². The van der Waals surface area contributed by atoms with Crippen molar-refractivity contribution >= 4 is 11.8 Å². The highest BCUT2D eigenvalue weighted by Crippen LogP contribution is 2.14. The van der Waals surface area contributed by atoms with Crippen LogP contribution in [0.15, 0.2) is 16.0 Å². The molecular formula is C12H17N3OS. The second-order valence-electron chi connectivity index (χ2n) is 3.76. The predicted molar refractivity (Wildman–Crippen MR) is 69.0 cm³/mol. The van der Waals surface area contributed by atoms with E-state index in [9.17, 15) is 4.79 Å². The fourth-order valence-electron chi connectivity index (χ4n) is 1.41. The number of aromatic amines is 1. The van der Waals surface area contributed by atoms with Gasteiger partial charge in [-0.25, -0.2) is 4.98 Å². The maximum absolute atomic E-state index is 11.4. The summed E-state index contributed by atoms with van der Waals surface area (Å²) in [6.07, 6.45) is 4.30. The van der Waals surface area contributed by atoms with Crippen molar-refractivity contribution in [3.63, 3.8) is 0 Å². The van der Waals surface area contributed by atoms with Gasteiger partial charge in [-0.05, 0) is 19.3 Å². The van der Waals surface area contributed by atoms with Gasteiger partial charge < -0.3 is 4.98 Å². The van der Waals surface area contributed by atoms with Crippen molar-refractivity contribution in [3.05, 3.63) is 22.1 Å². The summed E-state index contributed by atoms with van der Waals surface area (Å²) in [5, 5.41) is 9.09. The van der Waals surface area contributed by atoms with Crippen LogP contribution in [0.1, 0.15) is 38.3 Å². The summed E-state index contributed by atoms with van der Waals surface area (Å²) in [6.45, 7) is 2.07. The van der Waals surface area contributed by atoms with E-state index in [1.807, 2.05) is 0 Å². The minimum atomic E-state index is -0.0806. The van der Waals surface area contributed by atoms with E-state index in [4.69, 9.17) is 5.26 Å². The molecule has 0 radical (unpaired) electrons. The molecule has 0 unspecified atom stereocenters. The Morgan fingerprint density at radius 3 is 3.06 bits per heavy atom. The Balaban J connectivity index is 2.47. The molecule has 0 saturated carbocycles. The first-order valence-electron chi connectivity index (χ1n) is 5.86. The molecule has 0 spiro atoms. The van der Waals surface area contributed by atoms with Gasteiger partial charge >= 0.3 is 0 Å². The lowest BCUT2D eigenvalue weighted by atomic mass is 10.2. The van der Waals surface area contributed by atoms with Crippen LogP contribution >= 0.6 is 11.8 Å². The number of hydrogen-bond acceptors (Lipinski definition) is 4. The zero-order valence-electron chi connectivity index (χ0n) is 10.0. The number of aryl methyl sites for hydroxylation is 1. The number of H-pyrrole nitrogens is 1. The molecule has 0 saturated heterocycles. The Morgan fingerprint density at radius 2 is 2.35 bits per heavy atom. The molecule has 0 aliphatic carbocycles. The Bertz CT molecular complexity index is 436. The molecular weight excluding hydrogens is 234 g/mol. The maximum atomic E-state index is 11.4. The minimum Gasteiger partial charge on any atom is -0.301 e. The number of nitriles is 1. The Kier molecular flexibility index (Phi) is 6.41. The summed E-state index contributed by atoms with van der Waals surface area (Å²) in [5.74, 6) is 0.889. The molecule has 1 aromatic heterocycles. The van der Waals surface area contributed by atoms with Crippen molar-refractivity contribution in [1.82, 2.24) is 9.97 Å². The number of unbranched alkanes of at least 4 members (excludes halogenated alkanes) is 2. The molecule has 0 aliphatic rings. The number of nitrogens with one attached hydrogen (secondary N) is 1. The van der Waals surface area contributed by atoms with Gasteiger partial charge in [0.15, 0.2) is 5.16 Å². The first-order chi connectivity index (χ1) is 8.26. The van der Waals surface area contributed by atoms with Gasteiger partial charge in [-0.15, -0.1) is 0 Å². The summed E-state index contributed by atoms with van der Waals surface area (Å²) < 4.78 is 0. The van der Waals surface area contributed by atoms with Crippen LogP contribution in [0.2, 0.25) is 0 Å². The second-order valence-corrected chi connectivity index (χ2v) is 4.84. The van der Waals surface area contributed by atoms with Gasteiger partial charge in [0.25, 0.3) is 5.56 Å². The topological polar surface area (TPSA) is 69.5 Å². The Hall–Kier alpha value is -1.28. The third kappa shape index (κ3) is 5.55. The summed E-state index contributed by atoms with van der Waals surface area (Å²) in [6, 6.07) is 3.68. The molecule has 0 fully saturated rings. The molecule has 1 aromatic rings. The smallest absolute Gasteiger partial charge is 0.251 e. The van der Waals surface area contributed by atoms with E-state index >= 15 is 0 Å². The van der Waals surface area contributed by atoms with E-state index in [1.165, 1.54) is 0 Å². The van der Waals surface area contributed by atoms with Crippen LogP contribution in [0.5, 0.6) is 0 Å². The maximum Gasteiger partial charge on any atom is 0.251 e. The van der Waals surface area contributed by atoms with E-state index in [-0.39, 0.29) is 5.56 Å². The molecule has 1 heterocycles. The largest absolute Gasteiger partial charge is 0.301 e. The highest BCUT2D eigenvalue weighted by Gasteiger charge is 2.01. The van der Waals surface area contributed by atoms with E-state index < -0.39 is 0 Å². The van der Waals surface area contributed by atoms with Gasteiger partial charge in [0, 0.05) is 23.9 Å². The molecule has 0 aromatic carbocycles. The standard InChI is InChI=1S/C12H17N3OS/c1-2-6-10-9-11(16)15-12(14-10)17-8-5-3-4-7-13/h9H,2-6,8H2,1H3,(H,14,15,16). The van der Waals surface area contributed by atoms with Crippen LogP contribution in [0.25, 0.3) is 0 Å². The number of thioether (sulfide) groups is 1. The summed E-state index contributed by atoms with van der Waals surface area (Å²) >= 11 is 1.55. The lowest BCUT2D eigenvalue weighted by Crippen LogP contribution is -2.10. The third-order valence-corrected chi connectivity index (χ3v) is 3.16. The highest BCUT2D eigenvalue weighted by atomic mass is 32.2. The normalized spacial score (nSPS) is 10.1. The fourth-order valence-corrected chi connectivity index (χ4v) is 2.31. The van der Waals surface area contributed by atoms with Gasteiger partial charge in [0.1, 0.15) is 0 Å². The predicted octanol–water partition coefficient (Wildman–Crippen LogP) is 2.51. The van der Waals surface area contributed by atoms with Crippen LogP contribution in [0, 0.1) is 11.3 Å². The summed E-state index contributed by atoms with van der Waals surface area (Å²) in [7, 11) is 0. The van der Waals surface area contributed by atoms with Crippen molar-refractivity contribution in [2.75, 3.05) is 5.75 Å². The van der Waals surface area contributed by atoms with Gasteiger partial charge in [-0.1, -0.05) is 25.1 Å². The molecule has 5 heteroatoms. The quantitative estimate of drug-likeness (QED) is 0.459. The Morgan fingerprint density at radius 1 is 1.53 bits per heavy atom. The number of aromatic nitrogens is 2. The third-order valence-electron chi connectivity index (χ3n) is 2.20. The monoisotopic (exact) mass is 251 g/mol. The molecule has 0 atom stereocenters. The van der Waals surface area contributed by atoms with Crippen molar-refractivity contribution in [2.24, 2.45) is 0 Å². The highest BCUT2D eigenvalue weighted by molar-refractivity contribution is 7.99. The molecule has 17 heavy (non-hydrogen) atoms. The van der Waals surface area contributed by atoms with E-state index in [0.29, 0.717) is 11.6 Å². The number of nitrogens with zero attached hydrogens (tertiary/aromatic N) is 2. The summed E-state index contributed by atoms with van der Waals surface area (Å²) in [4.78, 5) is 18.5. The van der Waals surface area contributed by atoms with Crippen LogP contribution < -0.4 is 5.56 Å². The van der Waals surface area contributed by atoms with E-state index in [0.717, 1.165) is 37.1 Å². The molecule has 1 N–H and O–H groups in total. The van der Waals surface area contributed by atoms with Crippen LogP contribution in [-0.4, -0.2) is 15.7 Å². The van der Waals surface area contributed by atoms with Crippen molar-refractivity contribution in [3.8, 4) is 6.07 Å². The lowest BCUT2D eigenvalue weighted by Gasteiger charge is -2.02. The number of hydrogen-bond donors (Lipinski definition) is 1. The zero-order valence-corrected chi connectivity index (χ0v) is 10.8. The molecule has 1 rings (SSSR count). The van der Waals surface area contributed by atoms with Gasteiger partial charge in [-0.2, -0.15) is 5.26 Å². The Labute approximate surface area is 105 Å². The first kappa shape index (κ1) is 13.8. The molecule has 0 bridgehead atoms. The van der Waals surface area contributed by atoms with Crippen LogP contribution in [-0.2, 0) is 6.42 Å². The first-order valence-corrected chi connectivity index (χ1v) is 6.84. The fraction of sp³-hybridized carbons (Fsp3) is 0.583. The van der Waals surface area contributed by atoms with E-state index in [2.05, 4.69) is 23.0 Å². The van der Waals surface area contributed by atoms with Crippen molar-refractivity contribution in [2.45, 2.75) is 44.2 Å². The average molecular weight is 251 g/mol. The molecule has 92 valence electrons. The van der Waals surface area contributed by atoms with Gasteiger partial charge in [0.05, 0.1) is 6.07 Å². The molecule has 0 amide bonds. The van der Waals surface area contributed by atoms with Crippen molar-refractivity contribution in [1.29, 1.82) is 5.26 Å². The summed E-state index contributed by atoms with van der Waals surface area (Å²) in [5.41, 5.74) is 0.777. The van der Waals surface area contributed by atoms with Crippen molar-refractivity contribution < 1.29 is 0 Å². The second kappa shape index (κ2) is 7.91. The lowest BCUT2D eigenvalue weighted by molar-refractivity contribution is 0.806. The van der Waals surface area contributed by atoms with Gasteiger partial charge in [0.2, 0.25) is 0 Å². The van der Waals surface area contributed by atoms with Crippen LogP contribution in [0.3, 0.4) is 0 Å².